The molecule has 5 aliphatic rings. The van der Waals surface area contributed by atoms with E-state index in [-0.39, 0.29) is 37.6 Å². The third kappa shape index (κ3) is 3.77. The van der Waals surface area contributed by atoms with Crippen LogP contribution in [0.1, 0.15) is 51.4 Å². The third-order valence-corrected chi connectivity index (χ3v) is 6.86. The molecular weight excluding hydrogens is 350 g/mol. The molecule has 0 spiro atoms. The maximum atomic E-state index is 12.4. The second kappa shape index (κ2) is 6.96. The monoisotopic (exact) mass is 379 g/mol. The van der Waals surface area contributed by atoms with Gasteiger partial charge in [0.2, 0.25) is 5.91 Å². The zero-order valence-corrected chi connectivity index (χ0v) is 15.6. The normalized spacial score (nSPS) is 39.2. The number of hydrogen-bond acceptors (Lipinski definition) is 4. The van der Waals surface area contributed by atoms with Crippen molar-refractivity contribution in [3.8, 4) is 0 Å². The Morgan fingerprint density at radius 3 is 2.15 bits per heavy atom. The van der Waals surface area contributed by atoms with Gasteiger partial charge in [0, 0.05) is 31.5 Å². The van der Waals surface area contributed by atoms with Crippen molar-refractivity contribution in [3.63, 3.8) is 0 Å². The summed E-state index contributed by atoms with van der Waals surface area (Å²) in [7, 11) is 0. The molecule has 5 rings (SSSR count). The summed E-state index contributed by atoms with van der Waals surface area (Å²) in [6.45, 7) is 0.479. The van der Waals surface area contributed by atoms with Crippen molar-refractivity contribution in [1.82, 2.24) is 16.0 Å². The van der Waals surface area contributed by atoms with Gasteiger partial charge in [0.1, 0.15) is 0 Å². The molecule has 27 heavy (non-hydrogen) atoms. The zero-order chi connectivity index (χ0) is 19.1. The standard InChI is InChI=1S/C19H29N3O5/c23-15(21-19(16(24)25)2-4-27-11-19)1-3-20-17(26)22-18-8-12-5-13(9-18)7-14(6-12)10-18/h12-14H,1-11H2,(H,21,23)(H,24,25)(H2,20,22,26). The largest absolute Gasteiger partial charge is 0.479 e. The van der Waals surface area contributed by atoms with Gasteiger partial charge in [-0.05, 0) is 56.3 Å². The van der Waals surface area contributed by atoms with Crippen molar-refractivity contribution >= 4 is 17.9 Å². The fourth-order valence-electron chi connectivity index (χ4n) is 6.05. The van der Waals surface area contributed by atoms with Crippen molar-refractivity contribution in [2.24, 2.45) is 17.8 Å². The van der Waals surface area contributed by atoms with E-state index in [0.717, 1.165) is 37.0 Å². The number of hydrogen-bond donors (Lipinski definition) is 4. The highest BCUT2D eigenvalue weighted by molar-refractivity contribution is 5.87. The molecule has 8 nitrogen and oxygen atoms in total. The lowest BCUT2D eigenvalue weighted by Crippen LogP contribution is -2.61. The van der Waals surface area contributed by atoms with Crippen LogP contribution in [0.5, 0.6) is 0 Å². The third-order valence-electron chi connectivity index (χ3n) is 6.86. The molecule has 1 unspecified atom stereocenters. The number of amides is 3. The summed E-state index contributed by atoms with van der Waals surface area (Å²) in [4.78, 5) is 35.9. The molecule has 1 atom stereocenters. The van der Waals surface area contributed by atoms with Crippen LogP contribution in [0.4, 0.5) is 4.79 Å². The molecule has 0 radical (unpaired) electrons. The number of aliphatic carboxylic acids is 1. The molecule has 4 aliphatic carbocycles. The highest BCUT2D eigenvalue weighted by Gasteiger charge is 2.51. The molecule has 0 aromatic rings. The second-order valence-electron chi connectivity index (χ2n) is 9.07. The topological polar surface area (TPSA) is 117 Å². The molecule has 150 valence electrons. The van der Waals surface area contributed by atoms with Crippen LogP contribution in [0.2, 0.25) is 0 Å². The van der Waals surface area contributed by atoms with Crippen LogP contribution < -0.4 is 16.0 Å². The van der Waals surface area contributed by atoms with Crippen LogP contribution in [0.15, 0.2) is 0 Å². The Balaban J connectivity index is 1.22. The number of carbonyl (C=O) groups is 3. The quantitative estimate of drug-likeness (QED) is 0.549. The minimum absolute atomic E-state index is 0.0198. The lowest BCUT2D eigenvalue weighted by atomic mass is 9.53. The summed E-state index contributed by atoms with van der Waals surface area (Å²) in [5.74, 6) is 0.786. The molecule has 4 bridgehead atoms. The van der Waals surface area contributed by atoms with Gasteiger partial charge in [-0.3, -0.25) is 4.79 Å². The molecule has 1 heterocycles. The molecule has 3 amide bonds. The first-order chi connectivity index (χ1) is 12.9. The molecule has 0 aromatic carbocycles. The number of carboxylic acid groups (broad SMARTS) is 1. The fraction of sp³-hybridized carbons (Fsp3) is 0.842. The maximum absolute atomic E-state index is 12.4. The average molecular weight is 379 g/mol. The Bertz CT molecular complexity index is 594. The molecule has 4 N–H and O–H groups in total. The number of nitrogens with one attached hydrogen (secondary N) is 3. The SMILES string of the molecule is O=C(CCNC(=O)NC12CC3CC(CC(C3)C1)C2)NC1(C(=O)O)CCOC1. The van der Waals surface area contributed by atoms with Crippen LogP contribution >= 0.6 is 0 Å². The van der Waals surface area contributed by atoms with Gasteiger partial charge in [0.05, 0.1) is 6.61 Å². The van der Waals surface area contributed by atoms with Crippen LogP contribution in [-0.4, -0.2) is 53.9 Å². The first-order valence-corrected chi connectivity index (χ1v) is 10.1. The minimum Gasteiger partial charge on any atom is -0.479 e. The Hall–Kier alpha value is -1.83. The van der Waals surface area contributed by atoms with Gasteiger partial charge in [-0.15, -0.1) is 0 Å². The predicted molar refractivity (Wildman–Crippen MR) is 96.0 cm³/mol. The average Bonchev–Trinajstić information content (AvgIpc) is 3.02. The van der Waals surface area contributed by atoms with E-state index in [2.05, 4.69) is 16.0 Å². The first kappa shape index (κ1) is 18.5. The van der Waals surface area contributed by atoms with E-state index in [1.807, 2.05) is 0 Å². The Labute approximate surface area is 158 Å². The highest BCUT2D eigenvalue weighted by atomic mass is 16.5. The Morgan fingerprint density at radius 2 is 1.63 bits per heavy atom. The van der Waals surface area contributed by atoms with Crippen molar-refractivity contribution in [2.75, 3.05) is 19.8 Å². The van der Waals surface area contributed by atoms with E-state index in [1.54, 1.807) is 0 Å². The summed E-state index contributed by atoms with van der Waals surface area (Å²) in [5.41, 5.74) is -1.39. The number of ether oxygens (including phenoxy) is 1. The van der Waals surface area contributed by atoms with Gasteiger partial charge in [-0.1, -0.05) is 0 Å². The summed E-state index contributed by atoms with van der Waals surface area (Å²) < 4.78 is 5.12. The van der Waals surface area contributed by atoms with Gasteiger partial charge < -0.3 is 25.8 Å². The molecule has 4 saturated carbocycles. The van der Waals surface area contributed by atoms with E-state index in [1.165, 1.54) is 19.3 Å². The van der Waals surface area contributed by atoms with E-state index in [0.29, 0.717) is 6.61 Å². The lowest BCUT2D eigenvalue weighted by Gasteiger charge is -2.56. The fourth-order valence-corrected chi connectivity index (χ4v) is 6.05. The zero-order valence-electron chi connectivity index (χ0n) is 15.6. The summed E-state index contributed by atoms with van der Waals surface area (Å²) in [5, 5.41) is 17.9. The summed E-state index contributed by atoms with van der Waals surface area (Å²) in [6, 6.07) is -0.220. The molecular formula is C19H29N3O5. The van der Waals surface area contributed by atoms with Crippen molar-refractivity contribution in [1.29, 1.82) is 0 Å². The molecule has 1 saturated heterocycles. The van der Waals surface area contributed by atoms with Gasteiger partial charge in [0.15, 0.2) is 5.54 Å². The van der Waals surface area contributed by atoms with E-state index >= 15 is 0 Å². The summed E-state index contributed by atoms with van der Waals surface area (Å²) in [6.07, 6.45) is 7.49. The second-order valence-corrected chi connectivity index (χ2v) is 9.07. The highest BCUT2D eigenvalue weighted by Crippen LogP contribution is 2.55. The Kier molecular flexibility index (Phi) is 4.78. The van der Waals surface area contributed by atoms with Gasteiger partial charge >= 0.3 is 12.0 Å². The molecule has 0 aromatic heterocycles. The summed E-state index contributed by atoms with van der Waals surface area (Å²) >= 11 is 0. The molecule has 1 aliphatic heterocycles. The number of urea groups is 1. The molecule has 8 heteroatoms. The van der Waals surface area contributed by atoms with Crippen molar-refractivity contribution in [2.45, 2.75) is 62.4 Å². The van der Waals surface area contributed by atoms with E-state index < -0.39 is 17.4 Å². The predicted octanol–water partition coefficient (Wildman–Crippen LogP) is 1.00. The van der Waals surface area contributed by atoms with Crippen molar-refractivity contribution in [3.05, 3.63) is 0 Å². The number of rotatable bonds is 6. The maximum Gasteiger partial charge on any atom is 0.331 e. The van der Waals surface area contributed by atoms with Crippen LogP contribution in [-0.2, 0) is 14.3 Å². The van der Waals surface area contributed by atoms with E-state index in [9.17, 15) is 19.5 Å². The number of carboxylic acids is 1. The Morgan fingerprint density at radius 1 is 1.00 bits per heavy atom. The smallest absolute Gasteiger partial charge is 0.331 e. The van der Waals surface area contributed by atoms with E-state index in [4.69, 9.17) is 4.74 Å². The number of carbonyl (C=O) groups excluding carboxylic acids is 2. The van der Waals surface area contributed by atoms with Crippen LogP contribution in [0.25, 0.3) is 0 Å². The minimum atomic E-state index is -1.33. The first-order valence-electron chi connectivity index (χ1n) is 10.1. The van der Waals surface area contributed by atoms with Crippen LogP contribution in [0.3, 0.4) is 0 Å². The van der Waals surface area contributed by atoms with Crippen LogP contribution in [0, 0.1) is 17.8 Å². The van der Waals surface area contributed by atoms with Gasteiger partial charge in [0.25, 0.3) is 0 Å². The van der Waals surface area contributed by atoms with Crippen molar-refractivity contribution < 1.29 is 24.2 Å². The lowest BCUT2D eigenvalue weighted by molar-refractivity contribution is -0.147. The molecule has 5 fully saturated rings. The van der Waals surface area contributed by atoms with Gasteiger partial charge in [-0.25, -0.2) is 9.59 Å². The van der Waals surface area contributed by atoms with Gasteiger partial charge in [-0.2, -0.15) is 0 Å².